The number of phenolic OH excluding ortho intramolecular Hbond substituents is 2. The number of benzene rings is 2. The number of aromatic hydroxyl groups is 2. The van der Waals surface area contributed by atoms with Crippen LogP contribution in [0.3, 0.4) is 0 Å². The van der Waals surface area contributed by atoms with Crippen molar-refractivity contribution in [3.8, 4) is 28.4 Å². The zero-order valence-electron chi connectivity index (χ0n) is 17.6. The smallest absolute Gasteiger partial charge is 0.204 e. The highest BCUT2D eigenvalue weighted by atomic mass is 16.5. The molecule has 2 aromatic carbocycles. The third-order valence-electron chi connectivity index (χ3n) is 5.29. The van der Waals surface area contributed by atoms with E-state index in [0.29, 0.717) is 16.7 Å². The minimum atomic E-state index is -1.04. The molecule has 6 nitrogen and oxygen atoms in total. The molecule has 3 N–H and O–H groups in total. The minimum Gasteiger partial charge on any atom is -0.508 e. The van der Waals surface area contributed by atoms with Gasteiger partial charge in [-0.3, -0.25) is 4.79 Å². The number of ether oxygens (including phenoxy) is 1. The van der Waals surface area contributed by atoms with Crippen molar-refractivity contribution in [2.75, 3.05) is 0 Å². The van der Waals surface area contributed by atoms with Gasteiger partial charge in [0.2, 0.25) is 5.43 Å². The van der Waals surface area contributed by atoms with Crippen LogP contribution in [0.25, 0.3) is 28.2 Å². The fourth-order valence-electron chi connectivity index (χ4n) is 3.79. The van der Waals surface area contributed by atoms with Gasteiger partial charge in [-0.15, -0.1) is 6.58 Å². The van der Waals surface area contributed by atoms with E-state index < -0.39 is 17.1 Å². The Morgan fingerprint density at radius 1 is 1.19 bits per heavy atom. The van der Waals surface area contributed by atoms with Gasteiger partial charge in [0.1, 0.15) is 34.5 Å². The molecule has 0 amide bonds. The molecule has 0 spiro atoms. The maximum Gasteiger partial charge on any atom is 0.204 e. The third kappa shape index (κ3) is 3.59. The number of aliphatic hydroxyl groups is 1. The Bertz CT molecular complexity index is 1280. The summed E-state index contributed by atoms with van der Waals surface area (Å²) in [7, 11) is 0. The lowest BCUT2D eigenvalue weighted by molar-refractivity contribution is 0.137. The van der Waals surface area contributed by atoms with Crippen LogP contribution >= 0.6 is 0 Å². The molecule has 0 aliphatic carbocycles. The second-order valence-electron chi connectivity index (χ2n) is 8.45. The summed E-state index contributed by atoms with van der Waals surface area (Å²) in [4.78, 5) is 13.4. The SMILES string of the molecule is C=C(C)CC(O)c1c2c(c(O)c3c(=O)c(-c4ccc(O)cc4)coc13)C=CC(C)(C)O2. The van der Waals surface area contributed by atoms with Crippen molar-refractivity contribution >= 4 is 17.0 Å². The molecule has 6 heteroatoms. The van der Waals surface area contributed by atoms with Crippen LogP contribution < -0.4 is 10.2 Å². The van der Waals surface area contributed by atoms with Gasteiger partial charge in [-0.05, 0) is 57.0 Å². The molecule has 0 fully saturated rings. The summed E-state index contributed by atoms with van der Waals surface area (Å²) in [6.45, 7) is 9.36. The Hall–Kier alpha value is -3.51. The first-order valence-electron chi connectivity index (χ1n) is 9.93. The van der Waals surface area contributed by atoms with Crippen LogP contribution in [0.15, 0.2) is 58.0 Å². The van der Waals surface area contributed by atoms with Crippen LogP contribution in [0.5, 0.6) is 17.2 Å². The Kier molecular flexibility index (Phi) is 4.90. The third-order valence-corrected chi connectivity index (χ3v) is 5.29. The molecule has 1 aliphatic rings. The standard InChI is InChI=1S/C25H24O6/c1-13(2)11-18(27)19-23-16(9-10-25(3,4)31-23)21(28)20-22(29)17(12-30-24(19)20)14-5-7-15(26)8-6-14/h5-10,12,18,26-28H,1,11H2,2-4H3. The van der Waals surface area contributed by atoms with Crippen LogP contribution in [0.1, 0.15) is 44.4 Å². The fourth-order valence-corrected chi connectivity index (χ4v) is 3.79. The predicted molar refractivity (Wildman–Crippen MR) is 119 cm³/mol. The molecule has 0 bridgehead atoms. The van der Waals surface area contributed by atoms with E-state index in [1.54, 1.807) is 31.2 Å². The Morgan fingerprint density at radius 2 is 1.87 bits per heavy atom. The zero-order chi connectivity index (χ0) is 22.5. The summed E-state index contributed by atoms with van der Waals surface area (Å²) in [5, 5.41) is 31.5. The Balaban J connectivity index is 2.07. The van der Waals surface area contributed by atoms with E-state index in [9.17, 15) is 20.1 Å². The van der Waals surface area contributed by atoms with Crippen LogP contribution in [0, 0.1) is 0 Å². The normalized spacial score (nSPS) is 15.4. The van der Waals surface area contributed by atoms with E-state index in [0.717, 1.165) is 5.57 Å². The summed E-state index contributed by atoms with van der Waals surface area (Å²) in [6, 6.07) is 6.11. The van der Waals surface area contributed by atoms with E-state index in [-0.39, 0.29) is 40.2 Å². The molecule has 160 valence electrons. The highest BCUT2D eigenvalue weighted by molar-refractivity contribution is 5.96. The lowest BCUT2D eigenvalue weighted by Crippen LogP contribution is -2.29. The van der Waals surface area contributed by atoms with Gasteiger partial charge in [0.05, 0.1) is 22.8 Å². The van der Waals surface area contributed by atoms with Gasteiger partial charge in [-0.2, -0.15) is 0 Å². The summed E-state index contributed by atoms with van der Waals surface area (Å²) in [5.41, 5.74) is 1.08. The van der Waals surface area contributed by atoms with Crippen LogP contribution in [0.4, 0.5) is 0 Å². The van der Waals surface area contributed by atoms with E-state index in [4.69, 9.17) is 9.15 Å². The van der Waals surface area contributed by atoms with Gasteiger partial charge >= 0.3 is 0 Å². The van der Waals surface area contributed by atoms with Crippen molar-refractivity contribution in [2.45, 2.75) is 38.9 Å². The van der Waals surface area contributed by atoms with Crippen molar-refractivity contribution in [3.63, 3.8) is 0 Å². The first-order chi connectivity index (χ1) is 14.6. The zero-order valence-corrected chi connectivity index (χ0v) is 17.6. The molecule has 2 heterocycles. The predicted octanol–water partition coefficient (Wildman–Crippen LogP) is 5.06. The van der Waals surface area contributed by atoms with Crippen molar-refractivity contribution in [1.29, 1.82) is 0 Å². The number of rotatable bonds is 4. The molecule has 1 aliphatic heterocycles. The highest BCUT2D eigenvalue weighted by Gasteiger charge is 2.33. The van der Waals surface area contributed by atoms with Crippen molar-refractivity contribution in [3.05, 3.63) is 70.1 Å². The first-order valence-corrected chi connectivity index (χ1v) is 9.93. The largest absolute Gasteiger partial charge is 0.508 e. The second-order valence-corrected chi connectivity index (χ2v) is 8.45. The lowest BCUT2D eigenvalue weighted by Gasteiger charge is -2.31. The van der Waals surface area contributed by atoms with E-state index >= 15 is 0 Å². The molecule has 3 aromatic rings. The topological polar surface area (TPSA) is 100 Å². The number of hydrogen-bond donors (Lipinski definition) is 3. The quantitative estimate of drug-likeness (QED) is 0.511. The Labute approximate surface area is 179 Å². The number of fused-ring (bicyclic) bond motifs is 2. The summed E-state index contributed by atoms with van der Waals surface area (Å²) in [5.74, 6) is 0.0881. The van der Waals surface area contributed by atoms with E-state index in [1.807, 2.05) is 13.8 Å². The molecule has 0 saturated carbocycles. The second kappa shape index (κ2) is 7.32. The molecule has 1 aromatic heterocycles. The van der Waals surface area contributed by atoms with Crippen LogP contribution in [-0.4, -0.2) is 20.9 Å². The summed E-state index contributed by atoms with van der Waals surface area (Å²) >= 11 is 0. The van der Waals surface area contributed by atoms with Gasteiger partial charge < -0.3 is 24.5 Å². The number of aliphatic hydroxyl groups excluding tert-OH is 1. The number of hydrogen-bond acceptors (Lipinski definition) is 6. The average molecular weight is 420 g/mol. The van der Waals surface area contributed by atoms with Crippen molar-refractivity contribution in [2.24, 2.45) is 0 Å². The summed E-state index contributed by atoms with van der Waals surface area (Å²) < 4.78 is 11.9. The van der Waals surface area contributed by atoms with Gasteiger partial charge in [0, 0.05) is 0 Å². The average Bonchev–Trinajstić information content (AvgIpc) is 2.67. The van der Waals surface area contributed by atoms with Gasteiger partial charge in [-0.1, -0.05) is 17.7 Å². The van der Waals surface area contributed by atoms with Crippen LogP contribution in [-0.2, 0) is 0 Å². The maximum absolute atomic E-state index is 13.4. The molecule has 0 saturated heterocycles. The van der Waals surface area contributed by atoms with Gasteiger partial charge in [0.25, 0.3) is 0 Å². The highest BCUT2D eigenvalue weighted by Crippen LogP contribution is 2.47. The lowest BCUT2D eigenvalue weighted by atomic mass is 9.91. The van der Waals surface area contributed by atoms with E-state index in [1.165, 1.54) is 18.4 Å². The monoisotopic (exact) mass is 420 g/mol. The molecule has 1 atom stereocenters. The molecule has 0 radical (unpaired) electrons. The number of phenols is 2. The molecule has 31 heavy (non-hydrogen) atoms. The fraction of sp³-hybridized carbons (Fsp3) is 0.240. The van der Waals surface area contributed by atoms with E-state index in [2.05, 4.69) is 6.58 Å². The molecular formula is C25H24O6. The van der Waals surface area contributed by atoms with Crippen molar-refractivity contribution < 1.29 is 24.5 Å². The summed E-state index contributed by atoms with van der Waals surface area (Å²) in [6.07, 6.45) is 3.96. The van der Waals surface area contributed by atoms with Crippen molar-refractivity contribution in [1.82, 2.24) is 0 Å². The minimum absolute atomic E-state index is 0.0342. The Morgan fingerprint density at radius 3 is 2.52 bits per heavy atom. The van der Waals surface area contributed by atoms with Gasteiger partial charge in [0.15, 0.2) is 5.58 Å². The molecule has 1 unspecified atom stereocenters. The molecule has 4 rings (SSSR count). The van der Waals surface area contributed by atoms with Crippen LogP contribution in [0.2, 0.25) is 0 Å². The maximum atomic E-state index is 13.4. The van der Waals surface area contributed by atoms with Gasteiger partial charge in [-0.25, -0.2) is 0 Å². The molecular weight excluding hydrogens is 396 g/mol. The first kappa shape index (κ1) is 20.8.